The largest absolute Gasteiger partial charge is 0.465 e. The van der Waals surface area contributed by atoms with Crippen LogP contribution < -0.4 is 0 Å². The third kappa shape index (κ3) is 1.83. The Kier molecular flexibility index (Phi) is 2.34. The van der Waals surface area contributed by atoms with E-state index in [0.29, 0.717) is 6.54 Å². The number of piperazine rings is 1. The van der Waals surface area contributed by atoms with Gasteiger partial charge in [0.25, 0.3) is 0 Å². The minimum absolute atomic E-state index is 0.131. The van der Waals surface area contributed by atoms with Crippen molar-refractivity contribution in [1.82, 2.24) is 9.80 Å². The molecule has 0 spiro atoms. The van der Waals surface area contributed by atoms with E-state index in [-0.39, 0.29) is 6.04 Å². The summed E-state index contributed by atoms with van der Waals surface area (Å²) in [7, 11) is 2.01. The van der Waals surface area contributed by atoms with E-state index in [2.05, 4.69) is 4.90 Å². The predicted molar refractivity (Wildman–Crippen MR) is 41.7 cm³/mol. The van der Waals surface area contributed by atoms with Gasteiger partial charge in [-0.25, -0.2) is 4.79 Å². The minimum Gasteiger partial charge on any atom is -0.465 e. The monoisotopic (exact) mass is 158 g/mol. The molecule has 0 bridgehead atoms. The maximum atomic E-state index is 10.6. The van der Waals surface area contributed by atoms with Crippen molar-refractivity contribution in [3.05, 3.63) is 0 Å². The fourth-order valence-corrected chi connectivity index (χ4v) is 1.42. The summed E-state index contributed by atoms with van der Waals surface area (Å²) < 4.78 is 0. The molecule has 4 heteroatoms. The normalized spacial score (nSPS) is 27.1. The molecule has 0 radical (unpaired) electrons. The van der Waals surface area contributed by atoms with Crippen LogP contribution in [0.15, 0.2) is 0 Å². The second-order valence-corrected chi connectivity index (χ2v) is 3.09. The third-order valence-electron chi connectivity index (χ3n) is 2.08. The van der Waals surface area contributed by atoms with Crippen LogP contribution in [0.25, 0.3) is 0 Å². The fraction of sp³-hybridized carbons (Fsp3) is 0.857. The molecule has 11 heavy (non-hydrogen) atoms. The Morgan fingerprint density at radius 3 is 2.64 bits per heavy atom. The molecule has 1 heterocycles. The van der Waals surface area contributed by atoms with Crippen molar-refractivity contribution in [2.45, 2.75) is 13.0 Å². The molecule has 1 amide bonds. The summed E-state index contributed by atoms with van der Waals surface area (Å²) in [6, 6.07) is 0.131. The third-order valence-corrected chi connectivity index (χ3v) is 2.08. The molecule has 1 fully saturated rings. The van der Waals surface area contributed by atoms with Crippen LogP contribution in [-0.2, 0) is 0 Å². The lowest BCUT2D eigenvalue weighted by molar-refractivity contribution is 0.0844. The van der Waals surface area contributed by atoms with Gasteiger partial charge in [-0.1, -0.05) is 0 Å². The van der Waals surface area contributed by atoms with Crippen molar-refractivity contribution in [3.8, 4) is 0 Å². The molecule has 1 rings (SSSR count). The molecular weight excluding hydrogens is 144 g/mol. The average molecular weight is 158 g/mol. The number of amides is 1. The van der Waals surface area contributed by atoms with Gasteiger partial charge >= 0.3 is 6.09 Å². The number of likely N-dealkylation sites (N-methyl/N-ethyl adjacent to an activating group) is 1. The number of rotatable bonds is 0. The maximum Gasteiger partial charge on any atom is 0.407 e. The molecule has 0 aromatic carbocycles. The predicted octanol–water partition coefficient (Wildman–Crippen LogP) is 0.300. The molecule has 1 aliphatic heterocycles. The van der Waals surface area contributed by atoms with Gasteiger partial charge in [-0.15, -0.1) is 0 Å². The fourth-order valence-electron chi connectivity index (χ4n) is 1.42. The first-order valence-corrected chi connectivity index (χ1v) is 3.79. The molecule has 0 aromatic heterocycles. The second-order valence-electron chi connectivity index (χ2n) is 3.09. The molecule has 1 aliphatic rings. The highest BCUT2D eigenvalue weighted by molar-refractivity contribution is 5.65. The lowest BCUT2D eigenvalue weighted by Gasteiger charge is -2.36. The summed E-state index contributed by atoms with van der Waals surface area (Å²) in [5, 5.41) is 8.70. The average Bonchev–Trinajstić information content (AvgIpc) is 1.85. The zero-order chi connectivity index (χ0) is 8.43. The number of hydrogen-bond donors (Lipinski definition) is 1. The number of hydrogen-bond acceptors (Lipinski definition) is 2. The first kappa shape index (κ1) is 8.33. The summed E-state index contributed by atoms with van der Waals surface area (Å²) in [5.41, 5.74) is 0. The molecule has 1 unspecified atom stereocenters. The summed E-state index contributed by atoms with van der Waals surface area (Å²) in [4.78, 5) is 14.2. The SMILES string of the molecule is CC1CN(C)CCN1C(=O)O. The molecule has 0 aromatic rings. The standard InChI is InChI=1S/C7H14N2O2/c1-6-5-8(2)3-4-9(6)7(10)11/h6H,3-5H2,1-2H3,(H,10,11). The van der Waals surface area contributed by atoms with E-state index in [9.17, 15) is 4.79 Å². The molecular formula is C7H14N2O2. The maximum absolute atomic E-state index is 10.6. The van der Waals surface area contributed by atoms with E-state index in [1.54, 1.807) is 0 Å². The van der Waals surface area contributed by atoms with Crippen LogP contribution in [0.5, 0.6) is 0 Å². The lowest BCUT2D eigenvalue weighted by atomic mass is 10.2. The van der Waals surface area contributed by atoms with Gasteiger partial charge in [-0.2, -0.15) is 0 Å². The van der Waals surface area contributed by atoms with Crippen LogP contribution in [0.2, 0.25) is 0 Å². The van der Waals surface area contributed by atoms with Crippen molar-refractivity contribution < 1.29 is 9.90 Å². The van der Waals surface area contributed by atoms with E-state index in [1.165, 1.54) is 4.90 Å². The quantitative estimate of drug-likeness (QED) is 0.551. The van der Waals surface area contributed by atoms with Gasteiger partial charge in [0.2, 0.25) is 0 Å². The highest BCUT2D eigenvalue weighted by atomic mass is 16.4. The zero-order valence-corrected chi connectivity index (χ0v) is 6.95. The topological polar surface area (TPSA) is 43.8 Å². The molecule has 1 saturated heterocycles. The summed E-state index contributed by atoms with van der Waals surface area (Å²) in [6.07, 6.45) is -0.800. The van der Waals surface area contributed by atoms with Crippen LogP contribution in [0.4, 0.5) is 4.79 Å². The molecule has 1 atom stereocenters. The Balaban J connectivity index is 2.50. The zero-order valence-electron chi connectivity index (χ0n) is 6.95. The molecule has 0 aliphatic carbocycles. The molecule has 4 nitrogen and oxygen atoms in total. The Hall–Kier alpha value is -0.770. The van der Waals surface area contributed by atoms with Crippen LogP contribution in [-0.4, -0.2) is 53.7 Å². The minimum atomic E-state index is -0.800. The van der Waals surface area contributed by atoms with Gasteiger partial charge in [-0.3, -0.25) is 0 Å². The highest BCUT2D eigenvalue weighted by Crippen LogP contribution is 2.06. The van der Waals surface area contributed by atoms with Crippen LogP contribution in [0.1, 0.15) is 6.92 Å². The van der Waals surface area contributed by atoms with Crippen molar-refractivity contribution in [1.29, 1.82) is 0 Å². The van der Waals surface area contributed by atoms with E-state index in [1.807, 2.05) is 14.0 Å². The van der Waals surface area contributed by atoms with Crippen LogP contribution in [0.3, 0.4) is 0 Å². The molecule has 0 saturated carbocycles. The van der Waals surface area contributed by atoms with E-state index in [0.717, 1.165) is 13.1 Å². The van der Waals surface area contributed by atoms with Gasteiger partial charge in [0.05, 0.1) is 0 Å². The van der Waals surface area contributed by atoms with Crippen molar-refractivity contribution >= 4 is 6.09 Å². The van der Waals surface area contributed by atoms with E-state index < -0.39 is 6.09 Å². The Labute approximate surface area is 66.4 Å². The summed E-state index contributed by atoms with van der Waals surface area (Å²) >= 11 is 0. The van der Waals surface area contributed by atoms with Gasteiger partial charge in [0.15, 0.2) is 0 Å². The van der Waals surface area contributed by atoms with Gasteiger partial charge < -0.3 is 14.9 Å². The first-order valence-electron chi connectivity index (χ1n) is 3.79. The number of carboxylic acid groups (broad SMARTS) is 1. The second kappa shape index (κ2) is 3.09. The Morgan fingerprint density at radius 1 is 1.55 bits per heavy atom. The molecule has 1 N–H and O–H groups in total. The van der Waals surface area contributed by atoms with Crippen molar-refractivity contribution in [2.24, 2.45) is 0 Å². The van der Waals surface area contributed by atoms with Gasteiger partial charge in [0.1, 0.15) is 0 Å². The van der Waals surface area contributed by atoms with Crippen LogP contribution >= 0.6 is 0 Å². The molecule has 64 valence electrons. The van der Waals surface area contributed by atoms with Gasteiger partial charge in [-0.05, 0) is 14.0 Å². The van der Waals surface area contributed by atoms with E-state index in [4.69, 9.17) is 5.11 Å². The van der Waals surface area contributed by atoms with Crippen molar-refractivity contribution in [2.75, 3.05) is 26.7 Å². The van der Waals surface area contributed by atoms with Gasteiger partial charge in [0, 0.05) is 25.7 Å². The number of carbonyl (C=O) groups is 1. The Bertz CT molecular complexity index is 161. The number of nitrogens with zero attached hydrogens (tertiary/aromatic N) is 2. The first-order chi connectivity index (χ1) is 5.11. The Morgan fingerprint density at radius 2 is 2.18 bits per heavy atom. The lowest BCUT2D eigenvalue weighted by Crippen LogP contribution is -2.52. The van der Waals surface area contributed by atoms with E-state index >= 15 is 0 Å². The van der Waals surface area contributed by atoms with Crippen LogP contribution in [0, 0.1) is 0 Å². The summed E-state index contributed by atoms with van der Waals surface area (Å²) in [6.45, 7) is 4.25. The summed E-state index contributed by atoms with van der Waals surface area (Å²) in [5.74, 6) is 0. The highest BCUT2D eigenvalue weighted by Gasteiger charge is 2.24. The van der Waals surface area contributed by atoms with Crippen molar-refractivity contribution in [3.63, 3.8) is 0 Å². The smallest absolute Gasteiger partial charge is 0.407 e.